The lowest BCUT2D eigenvalue weighted by Crippen LogP contribution is -2.14. The van der Waals surface area contributed by atoms with Gasteiger partial charge in [0.2, 0.25) is 5.91 Å². The fourth-order valence-corrected chi connectivity index (χ4v) is 4.20. The van der Waals surface area contributed by atoms with Gasteiger partial charge in [0.05, 0.1) is 23.6 Å². The SMILES string of the molecule is Cc1sc2nc(SCC(=O)Nc3ccc(CC#N)cc3)nc(N)c2c1C. The molecule has 3 rings (SSSR count). The van der Waals surface area contributed by atoms with Crippen LogP contribution in [0.3, 0.4) is 0 Å². The summed E-state index contributed by atoms with van der Waals surface area (Å²) in [6, 6.07) is 9.31. The molecular formula is C18H17N5OS2. The highest BCUT2D eigenvalue weighted by atomic mass is 32.2. The van der Waals surface area contributed by atoms with Crippen LogP contribution in [0.2, 0.25) is 0 Å². The number of nitrogens with two attached hydrogens (primary N) is 1. The molecule has 0 aliphatic carbocycles. The van der Waals surface area contributed by atoms with E-state index < -0.39 is 0 Å². The minimum Gasteiger partial charge on any atom is -0.383 e. The molecule has 132 valence electrons. The van der Waals surface area contributed by atoms with E-state index in [0.29, 0.717) is 23.1 Å². The second-order valence-electron chi connectivity index (χ2n) is 5.72. The fraction of sp³-hybridized carbons (Fsp3) is 0.222. The van der Waals surface area contributed by atoms with E-state index in [0.717, 1.165) is 21.3 Å². The maximum atomic E-state index is 12.1. The average molecular weight is 384 g/mol. The summed E-state index contributed by atoms with van der Waals surface area (Å²) in [4.78, 5) is 23.0. The number of anilines is 2. The van der Waals surface area contributed by atoms with E-state index in [4.69, 9.17) is 11.0 Å². The number of rotatable bonds is 5. The number of nitrogen functional groups attached to an aromatic ring is 1. The molecule has 1 amide bonds. The summed E-state index contributed by atoms with van der Waals surface area (Å²) in [5.74, 6) is 0.491. The Balaban J connectivity index is 1.64. The van der Waals surface area contributed by atoms with Crippen LogP contribution in [0.25, 0.3) is 10.2 Å². The van der Waals surface area contributed by atoms with E-state index in [9.17, 15) is 4.79 Å². The molecular weight excluding hydrogens is 366 g/mol. The molecule has 0 aliphatic rings. The van der Waals surface area contributed by atoms with E-state index in [1.807, 2.05) is 26.0 Å². The van der Waals surface area contributed by atoms with Crippen molar-refractivity contribution in [3.05, 3.63) is 40.3 Å². The Hall–Kier alpha value is -2.63. The number of nitrogens with zero attached hydrogens (tertiary/aromatic N) is 3. The van der Waals surface area contributed by atoms with Crippen molar-refractivity contribution in [2.24, 2.45) is 0 Å². The second kappa shape index (κ2) is 7.72. The van der Waals surface area contributed by atoms with Crippen molar-refractivity contribution in [1.29, 1.82) is 5.26 Å². The number of amides is 1. The van der Waals surface area contributed by atoms with E-state index in [1.54, 1.807) is 23.5 Å². The Morgan fingerprint density at radius 3 is 2.73 bits per heavy atom. The van der Waals surface area contributed by atoms with Gasteiger partial charge in [-0.15, -0.1) is 11.3 Å². The Kier molecular flexibility index (Phi) is 5.40. The molecule has 0 fully saturated rings. The summed E-state index contributed by atoms with van der Waals surface area (Å²) in [6.07, 6.45) is 0.354. The number of thioether (sulfide) groups is 1. The highest BCUT2D eigenvalue weighted by Crippen LogP contribution is 2.33. The van der Waals surface area contributed by atoms with Crippen LogP contribution < -0.4 is 11.1 Å². The maximum Gasteiger partial charge on any atom is 0.234 e. The van der Waals surface area contributed by atoms with Crippen LogP contribution in [0, 0.1) is 25.2 Å². The summed E-state index contributed by atoms with van der Waals surface area (Å²) in [5, 5.41) is 12.9. The second-order valence-corrected chi connectivity index (χ2v) is 7.87. The molecule has 1 aromatic carbocycles. The van der Waals surface area contributed by atoms with Crippen LogP contribution in [-0.4, -0.2) is 21.6 Å². The van der Waals surface area contributed by atoms with Gasteiger partial charge in [0.25, 0.3) is 0 Å². The van der Waals surface area contributed by atoms with Crippen LogP contribution in [0.1, 0.15) is 16.0 Å². The van der Waals surface area contributed by atoms with Gasteiger partial charge in [0, 0.05) is 10.6 Å². The first-order valence-corrected chi connectivity index (χ1v) is 9.70. The first kappa shape index (κ1) is 18.2. The molecule has 0 saturated heterocycles. The number of nitriles is 1. The topological polar surface area (TPSA) is 105 Å². The average Bonchev–Trinajstić information content (AvgIpc) is 2.90. The molecule has 26 heavy (non-hydrogen) atoms. The smallest absolute Gasteiger partial charge is 0.234 e. The zero-order chi connectivity index (χ0) is 18.7. The number of aromatic nitrogens is 2. The zero-order valence-corrected chi connectivity index (χ0v) is 16.0. The molecule has 0 spiro atoms. The molecule has 3 aromatic rings. The number of carbonyl (C=O) groups is 1. The lowest BCUT2D eigenvalue weighted by molar-refractivity contribution is -0.113. The highest BCUT2D eigenvalue weighted by Gasteiger charge is 2.14. The minimum atomic E-state index is -0.149. The molecule has 0 saturated carbocycles. The number of aryl methyl sites for hydroxylation is 2. The number of benzene rings is 1. The van der Waals surface area contributed by atoms with Gasteiger partial charge < -0.3 is 11.1 Å². The van der Waals surface area contributed by atoms with Crippen LogP contribution in [0.4, 0.5) is 11.5 Å². The van der Waals surface area contributed by atoms with Crippen molar-refractivity contribution < 1.29 is 4.79 Å². The first-order valence-electron chi connectivity index (χ1n) is 7.89. The fourth-order valence-electron chi connectivity index (χ4n) is 2.45. The Bertz CT molecular complexity index is 1010. The van der Waals surface area contributed by atoms with Gasteiger partial charge in [0.1, 0.15) is 10.6 Å². The van der Waals surface area contributed by atoms with Crippen LogP contribution in [-0.2, 0) is 11.2 Å². The molecule has 3 N–H and O–H groups in total. The van der Waals surface area contributed by atoms with Crippen molar-refractivity contribution in [3.63, 3.8) is 0 Å². The van der Waals surface area contributed by atoms with Gasteiger partial charge >= 0.3 is 0 Å². The third-order valence-corrected chi connectivity index (χ3v) is 5.84. The predicted octanol–water partition coefficient (Wildman–Crippen LogP) is 3.69. The predicted molar refractivity (Wildman–Crippen MR) is 106 cm³/mol. The summed E-state index contributed by atoms with van der Waals surface area (Å²) in [6.45, 7) is 4.04. The van der Waals surface area contributed by atoms with Gasteiger partial charge in [0.15, 0.2) is 5.16 Å². The third kappa shape index (κ3) is 3.95. The van der Waals surface area contributed by atoms with Crippen molar-refractivity contribution >= 4 is 50.7 Å². The first-order chi connectivity index (χ1) is 12.5. The number of nitrogens with one attached hydrogen (secondary N) is 1. The van der Waals surface area contributed by atoms with Crippen molar-refractivity contribution in [2.45, 2.75) is 25.4 Å². The number of thiophene rings is 1. The molecule has 8 heteroatoms. The zero-order valence-electron chi connectivity index (χ0n) is 14.4. The number of carbonyl (C=O) groups excluding carboxylic acids is 1. The van der Waals surface area contributed by atoms with E-state index >= 15 is 0 Å². The van der Waals surface area contributed by atoms with Gasteiger partial charge in [-0.3, -0.25) is 4.79 Å². The lowest BCUT2D eigenvalue weighted by Gasteiger charge is -2.06. The normalized spacial score (nSPS) is 10.7. The van der Waals surface area contributed by atoms with E-state index in [1.165, 1.54) is 16.6 Å². The lowest BCUT2D eigenvalue weighted by atomic mass is 10.1. The van der Waals surface area contributed by atoms with Gasteiger partial charge in [-0.1, -0.05) is 23.9 Å². The molecule has 0 unspecified atom stereocenters. The minimum absolute atomic E-state index is 0.149. The maximum absolute atomic E-state index is 12.1. The van der Waals surface area contributed by atoms with Crippen LogP contribution in [0.15, 0.2) is 29.4 Å². The van der Waals surface area contributed by atoms with E-state index in [2.05, 4.69) is 21.4 Å². The molecule has 0 bridgehead atoms. The van der Waals surface area contributed by atoms with Gasteiger partial charge in [-0.25, -0.2) is 9.97 Å². The molecule has 0 aliphatic heterocycles. The number of hydrogen-bond donors (Lipinski definition) is 2. The van der Waals surface area contributed by atoms with Gasteiger partial charge in [-0.2, -0.15) is 5.26 Å². The summed E-state index contributed by atoms with van der Waals surface area (Å²) < 4.78 is 0. The third-order valence-electron chi connectivity index (χ3n) is 3.89. The highest BCUT2D eigenvalue weighted by molar-refractivity contribution is 7.99. The standard InChI is InChI=1S/C18H17N5OS2/c1-10-11(2)26-17-15(10)16(20)22-18(23-17)25-9-14(24)21-13-5-3-12(4-6-13)7-8-19/h3-6H,7,9H2,1-2H3,(H,21,24)(H2,20,22,23). The van der Waals surface area contributed by atoms with E-state index in [-0.39, 0.29) is 11.7 Å². The number of fused-ring (bicyclic) bond motifs is 1. The Morgan fingerprint density at radius 2 is 2.04 bits per heavy atom. The summed E-state index contributed by atoms with van der Waals surface area (Å²) in [7, 11) is 0. The molecule has 0 atom stereocenters. The summed E-state index contributed by atoms with van der Waals surface area (Å²) >= 11 is 2.83. The van der Waals surface area contributed by atoms with Crippen LogP contribution >= 0.6 is 23.1 Å². The quantitative estimate of drug-likeness (QED) is 0.514. The molecule has 2 heterocycles. The summed E-state index contributed by atoms with van der Waals surface area (Å²) in [5.41, 5.74) is 8.77. The monoisotopic (exact) mass is 383 g/mol. The number of hydrogen-bond acceptors (Lipinski definition) is 7. The Morgan fingerprint density at radius 1 is 1.31 bits per heavy atom. The molecule has 2 aromatic heterocycles. The van der Waals surface area contributed by atoms with Crippen LogP contribution in [0.5, 0.6) is 0 Å². The largest absolute Gasteiger partial charge is 0.383 e. The Labute approximate surface area is 159 Å². The molecule has 0 radical (unpaired) electrons. The van der Waals surface area contributed by atoms with Gasteiger partial charge in [-0.05, 0) is 37.1 Å². The van der Waals surface area contributed by atoms with Crippen molar-refractivity contribution in [2.75, 3.05) is 16.8 Å². The van der Waals surface area contributed by atoms with Crippen molar-refractivity contribution in [3.8, 4) is 6.07 Å². The molecule has 6 nitrogen and oxygen atoms in total. The van der Waals surface area contributed by atoms with Crippen molar-refractivity contribution in [1.82, 2.24) is 9.97 Å².